The van der Waals surface area contributed by atoms with Crippen molar-refractivity contribution in [2.75, 3.05) is 19.8 Å². The second kappa shape index (κ2) is 17.7. The van der Waals surface area contributed by atoms with E-state index in [1.807, 2.05) is 13.8 Å². The van der Waals surface area contributed by atoms with E-state index in [2.05, 4.69) is 13.5 Å². The summed E-state index contributed by atoms with van der Waals surface area (Å²) in [6.45, 7) is 9.92. The van der Waals surface area contributed by atoms with Gasteiger partial charge in [0.1, 0.15) is 17.1 Å². The van der Waals surface area contributed by atoms with Crippen LogP contribution >= 0.6 is 0 Å². The Morgan fingerprint density at radius 3 is 2.07 bits per heavy atom. The summed E-state index contributed by atoms with van der Waals surface area (Å²) in [7, 11) is 0. The van der Waals surface area contributed by atoms with Gasteiger partial charge in [0.2, 0.25) is 0 Å². The summed E-state index contributed by atoms with van der Waals surface area (Å²) < 4.78 is 26.7. The highest BCUT2D eigenvalue weighted by Crippen LogP contribution is 2.31. The Morgan fingerprint density at radius 1 is 0.822 bits per heavy atom. The lowest BCUT2D eigenvalue weighted by Crippen LogP contribution is -2.25. The second-order valence-corrected chi connectivity index (χ2v) is 11.3. The lowest BCUT2D eigenvalue weighted by atomic mass is 9.83. The van der Waals surface area contributed by atoms with Crippen LogP contribution in [0.5, 0.6) is 11.5 Å². The van der Waals surface area contributed by atoms with Gasteiger partial charge in [-0.2, -0.15) is 0 Å². The number of ether oxygens (including phenoxy) is 5. The van der Waals surface area contributed by atoms with Crippen LogP contribution in [0.15, 0.2) is 55.1 Å². The van der Waals surface area contributed by atoms with Gasteiger partial charge < -0.3 is 23.7 Å². The van der Waals surface area contributed by atoms with E-state index in [-0.39, 0.29) is 65.8 Å². The molecular formula is C35H42O10. The first-order valence-corrected chi connectivity index (χ1v) is 15.4. The van der Waals surface area contributed by atoms with Crippen molar-refractivity contribution in [2.24, 2.45) is 17.8 Å². The molecule has 0 bridgehead atoms. The van der Waals surface area contributed by atoms with Crippen LogP contribution in [0.3, 0.4) is 0 Å². The number of rotatable bonds is 15. The number of carbonyl (C=O) groups excluding carboxylic acids is 5. The molecule has 0 spiro atoms. The minimum atomic E-state index is -0.763. The first kappa shape index (κ1) is 35.0. The van der Waals surface area contributed by atoms with E-state index < -0.39 is 23.9 Å². The van der Waals surface area contributed by atoms with Gasteiger partial charge in [0.05, 0.1) is 36.9 Å². The van der Waals surface area contributed by atoms with Crippen LogP contribution < -0.4 is 9.47 Å². The van der Waals surface area contributed by atoms with Crippen LogP contribution in [0.1, 0.15) is 96.8 Å². The predicted molar refractivity (Wildman–Crippen MR) is 165 cm³/mol. The third-order valence-electron chi connectivity index (χ3n) is 7.68. The van der Waals surface area contributed by atoms with Crippen LogP contribution in [0.25, 0.3) is 0 Å². The van der Waals surface area contributed by atoms with Gasteiger partial charge in [-0.15, -0.1) is 0 Å². The normalized spacial score (nSPS) is 16.5. The lowest BCUT2D eigenvalue weighted by molar-refractivity contribution is -0.140. The first-order valence-electron chi connectivity index (χ1n) is 15.4. The van der Waals surface area contributed by atoms with Crippen LogP contribution in [0.4, 0.5) is 0 Å². The van der Waals surface area contributed by atoms with Crippen molar-refractivity contribution in [1.82, 2.24) is 0 Å². The van der Waals surface area contributed by atoms with Gasteiger partial charge in [0, 0.05) is 6.08 Å². The third-order valence-corrected chi connectivity index (χ3v) is 7.68. The Bertz CT molecular complexity index is 1340. The molecule has 1 aliphatic carbocycles. The molecule has 45 heavy (non-hydrogen) atoms. The van der Waals surface area contributed by atoms with Crippen LogP contribution in [-0.2, 0) is 23.8 Å². The summed E-state index contributed by atoms with van der Waals surface area (Å²) in [5.41, 5.74) is 0.322. The minimum Gasteiger partial charge on any atom is -0.463 e. The number of hydrogen-bond donors (Lipinski definition) is 0. The standard InChI is InChI=1S/C35H42O10/c1-5-23(3)22-43-35(40)29-21-28(44-33(38)26-11-9-24(4)10-12-26)17-18-30(29)45-34(39)27-15-13-25(14-16-27)32(37)42-20-8-7-19-41-31(36)6-2/h6,13-18,21,23-24,26H,2,5,7-12,19-20,22H2,1,3-4H3. The van der Waals surface area contributed by atoms with Crippen LogP contribution in [0, 0.1) is 17.8 Å². The van der Waals surface area contributed by atoms with Crippen molar-refractivity contribution in [3.8, 4) is 11.5 Å². The van der Waals surface area contributed by atoms with Crippen molar-refractivity contribution in [1.29, 1.82) is 0 Å². The molecule has 0 saturated heterocycles. The minimum absolute atomic E-state index is 0.0475. The summed E-state index contributed by atoms with van der Waals surface area (Å²) in [5, 5.41) is 0. The average Bonchev–Trinajstić information content (AvgIpc) is 3.05. The summed E-state index contributed by atoms with van der Waals surface area (Å²) in [4.78, 5) is 62.2. The largest absolute Gasteiger partial charge is 0.463 e. The molecule has 0 heterocycles. The molecule has 10 nitrogen and oxygen atoms in total. The van der Waals surface area contributed by atoms with Crippen LogP contribution in [0.2, 0.25) is 0 Å². The Kier molecular flexibility index (Phi) is 13.8. The molecule has 0 aliphatic heterocycles. The van der Waals surface area contributed by atoms with Gasteiger partial charge >= 0.3 is 29.8 Å². The zero-order valence-electron chi connectivity index (χ0n) is 26.2. The summed E-state index contributed by atoms with van der Waals surface area (Å²) >= 11 is 0. The zero-order chi connectivity index (χ0) is 32.8. The van der Waals surface area contributed by atoms with E-state index in [1.165, 1.54) is 42.5 Å². The van der Waals surface area contributed by atoms with Crippen molar-refractivity contribution >= 4 is 29.8 Å². The predicted octanol–water partition coefficient (Wildman–Crippen LogP) is 6.51. The average molecular weight is 623 g/mol. The molecule has 1 unspecified atom stereocenters. The Morgan fingerprint density at radius 2 is 1.44 bits per heavy atom. The smallest absolute Gasteiger partial charge is 0.343 e. The lowest BCUT2D eigenvalue weighted by Gasteiger charge is -2.24. The fraction of sp³-hybridized carbons (Fsp3) is 0.457. The van der Waals surface area contributed by atoms with Crippen molar-refractivity contribution in [3.05, 3.63) is 71.8 Å². The summed E-state index contributed by atoms with van der Waals surface area (Å²) in [5.74, 6) is -2.28. The van der Waals surface area contributed by atoms with E-state index in [9.17, 15) is 24.0 Å². The van der Waals surface area contributed by atoms with Gasteiger partial charge in [-0.05, 0) is 92.8 Å². The second-order valence-electron chi connectivity index (χ2n) is 11.3. The molecule has 242 valence electrons. The number of esters is 5. The molecular weight excluding hydrogens is 580 g/mol. The van der Waals surface area contributed by atoms with Crippen molar-refractivity contribution < 1.29 is 47.7 Å². The van der Waals surface area contributed by atoms with E-state index in [1.54, 1.807) is 0 Å². The SMILES string of the molecule is C=CC(=O)OCCCCOC(=O)c1ccc(C(=O)Oc2ccc(OC(=O)C3CCC(C)CC3)cc2C(=O)OCC(C)CC)cc1. The summed E-state index contributed by atoms with van der Waals surface area (Å²) in [6.07, 6.45) is 6.34. The summed E-state index contributed by atoms with van der Waals surface area (Å²) in [6, 6.07) is 9.91. The molecule has 0 N–H and O–H groups in total. The van der Waals surface area contributed by atoms with E-state index in [0.717, 1.165) is 38.2 Å². The Balaban J connectivity index is 1.64. The van der Waals surface area contributed by atoms with Crippen LogP contribution in [-0.4, -0.2) is 49.7 Å². The molecule has 1 aliphatic rings. The monoisotopic (exact) mass is 622 g/mol. The Hall–Kier alpha value is -4.47. The first-order chi connectivity index (χ1) is 21.6. The molecule has 1 saturated carbocycles. The molecule has 2 aromatic carbocycles. The van der Waals surface area contributed by atoms with Gasteiger partial charge in [0.15, 0.2) is 0 Å². The maximum Gasteiger partial charge on any atom is 0.343 e. The molecule has 0 radical (unpaired) electrons. The van der Waals surface area contributed by atoms with Crippen molar-refractivity contribution in [2.45, 2.75) is 65.7 Å². The van der Waals surface area contributed by atoms with Gasteiger partial charge in [-0.25, -0.2) is 19.2 Å². The quantitative estimate of drug-likeness (QED) is 0.0712. The van der Waals surface area contributed by atoms with E-state index in [4.69, 9.17) is 23.7 Å². The zero-order valence-corrected chi connectivity index (χ0v) is 26.2. The maximum absolute atomic E-state index is 13.1. The highest BCUT2D eigenvalue weighted by molar-refractivity contribution is 5.97. The number of unbranched alkanes of at least 4 members (excludes halogenated alkanes) is 1. The van der Waals surface area contributed by atoms with Gasteiger partial charge in [-0.1, -0.05) is 33.8 Å². The molecule has 10 heteroatoms. The molecule has 1 fully saturated rings. The molecule has 3 rings (SSSR count). The van der Waals surface area contributed by atoms with E-state index in [0.29, 0.717) is 18.8 Å². The topological polar surface area (TPSA) is 132 Å². The van der Waals surface area contributed by atoms with Gasteiger partial charge in [-0.3, -0.25) is 4.79 Å². The number of benzene rings is 2. The molecule has 0 aromatic heterocycles. The number of carbonyl (C=O) groups is 5. The highest BCUT2D eigenvalue weighted by atomic mass is 16.6. The molecule has 0 amide bonds. The highest BCUT2D eigenvalue weighted by Gasteiger charge is 2.27. The van der Waals surface area contributed by atoms with Gasteiger partial charge in [0.25, 0.3) is 0 Å². The third kappa shape index (κ3) is 11.2. The van der Waals surface area contributed by atoms with E-state index >= 15 is 0 Å². The van der Waals surface area contributed by atoms with Crippen molar-refractivity contribution in [3.63, 3.8) is 0 Å². The number of hydrogen-bond acceptors (Lipinski definition) is 10. The molecule has 2 aromatic rings. The fourth-order valence-corrected chi connectivity index (χ4v) is 4.52. The fourth-order valence-electron chi connectivity index (χ4n) is 4.52. The Labute approximate surface area is 264 Å². The molecule has 1 atom stereocenters. The maximum atomic E-state index is 13.1.